The molecule has 0 saturated heterocycles. The zero-order valence-corrected chi connectivity index (χ0v) is 15.4. The number of carbonyl (C=O) groups is 1. The Morgan fingerprint density at radius 1 is 1.25 bits per heavy atom. The Morgan fingerprint density at radius 2 is 1.92 bits per heavy atom. The quantitative estimate of drug-likeness (QED) is 0.830. The van der Waals surface area contributed by atoms with E-state index in [1.807, 2.05) is 28.9 Å². The van der Waals surface area contributed by atoms with Gasteiger partial charge in [-0.3, -0.25) is 10.1 Å². The van der Waals surface area contributed by atoms with Gasteiger partial charge in [0.25, 0.3) is 5.91 Å². The second-order valence-electron chi connectivity index (χ2n) is 6.66. The summed E-state index contributed by atoms with van der Waals surface area (Å²) < 4.78 is 1.89. The Labute approximate surface area is 148 Å². The van der Waals surface area contributed by atoms with Crippen molar-refractivity contribution in [2.75, 3.05) is 5.32 Å². The number of hydrogen-bond acceptors (Lipinski definition) is 3. The highest BCUT2D eigenvalue weighted by Crippen LogP contribution is 2.24. The predicted octanol–water partition coefficient (Wildman–Crippen LogP) is 3.72. The standard InChI is InChI=1S/C18H24N4OS/c1-5-11-22-15(12-14(21-22)18(2,3)4)19-17(24)20-16(23)13-9-7-6-8-10-13/h6-10,12H,5,11H2,1-4H3,(H2,19,20,23,24). The first-order valence-corrected chi connectivity index (χ1v) is 8.48. The molecular weight excluding hydrogens is 320 g/mol. The third kappa shape index (κ3) is 4.64. The lowest BCUT2D eigenvalue weighted by Gasteiger charge is -2.13. The maximum absolute atomic E-state index is 12.2. The van der Waals surface area contributed by atoms with E-state index < -0.39 is 0 Å². The summed E-state index contributed by atoms with van der Waals surface area (Å²) in [5, 5.41) is 10.7. The molecule has 0 atom stereocenters. The van der Waals surface area contributed by atoms with Gasteiger partial charge in [0.05, 0.1) is 5.69 Å². The molecule has 0 bridgehead atoms. The topological polar surface area (TPSA) is 59.0 Å². The van der Waals surface area contributed by atoms with Gasteiger partial charge in [-0.25, -0.2) is 4.68 Å². The third-order valence-corrected chi connectivity index (χ3v) is 3.69. The van der Waals surface area contributed by atoms with E-state index in [0.29, 0.717) is 5.56 Å². The number of benzene rings is 1. The molecule has 0 fully saturated rings. The molecule has 0 aliphatic carbocycles. The van der Waals surface area contributed by atoms with Crippen LogP contribution in [0.5, 0.6) is 0 Å². The van der Waals surface area contributed by atoms with Crippen LogP contribution in [0.2, 0.25) is 0 Å². The van der Waals surface area contributed by atoms with Gasteiger partial charge in [-0.2, -0.15) is 5.10 Å². The van der Waals surface area contributed by atoms with Crippen LogP contribution in [-0.2, 0) is 12.0 Å². The van der Waals surface area contributed by atoms with Crippen LogP contribution in [0.4, 0.5) is 5.82 Å². The summed E-state index contributed by atoms with van der Waals surface area (Å²) in [6.07, 6.45) is 0.961. The van der Waals surface area contributed by atoms with Crippen molar-refractivity contribution in [3.8, 4) is 0 Å². The zero-order chi connectivity index (χ0) is 17.7. The van der Waals surface area contributed by atoms with Crippen LogP contribution < -0.4 is 10.6 Å². The van der Waals surface area contributed by atoms with Crippen LogP contribution in [0.3, 0.4) is 0 Å². The second kappa shape index (κ2) is 7.57. The van der Waals surface area contributed by atoms with Crippen LogP contribution in [0.25, 0.3) is 0 Å². The van der Waals surface area contributed by atoms with Gasteiger partial charge in [-0.05, 0) is 30.8 Å². The first-order chi connectivity index (χ1) is 11.3. The highest BCUT2D eigenvalue weighted by atomic mass is 32.1. The Morgan fingerprint density at radius 3 is 2.50 bits per heavy atom. The van der Waals surface area contributed by atoms with E-state index in [9.17, 15) is 4.79 Å². The smallest absolute Gasteiger partial charge is 0.257 e. The average molecular weight is 344 g/mol. The predicted molar refractivity (Wildman–Crippen MR) is 101 cm³/mol. The monoisotopic (exact) mass is 344 g/mol. The van der Waals surface area contributed by atoms with E-state index in [-0.39, 0.29) is 16.4 Å². The summed E-state index contributed by atoms with van der Waals surface area (Å²) in [7, 11) is 0. The number of nitrogens with one attached hydrogen (secondary N) is 2. The van der Waals surface area contributed by atoms with E-state index in [1.54, 1.807) is 12.1 Å². The molecular formula is C18H24N4OS. The fraction of sp³-hybridized carbons (Fsp3) is 0.389. The summed E-state index contributed by atoms with van der Waals surface area (Å²) in [4.78, 5) is 12.2. The maximum atomic E-state index is 12.2. The van der Waals surface area contributed by atoms with Gasteiger partial charge < -0.3 is 5.32 Å². The van der Waals surface area contributed by atoms with Crippen molar-refractivity contribution in [2.24, 2.45) is 0 Å². The molecule has 0 unspecified atom stereocenters. The van der Waals surface area contributed by atoms with Gasteiger partial charge >= 0.3 is 0 Å². The number of nitrogens with zero attached hydrogens (tertiary/aromatic N) is 2. The highest BCUT2D eigenvalue weighted by Gasteiger charge is 2.20. The fourth-order valence-corrected chi connectivity index (χ4v) is 2.38. The summed E-state index contributed by atoms with van der Waals surface area (Å²) in [5.41, 5.74) is 1.50. The van der Waals surface area contributed by atoms with Crippen molar-refractivity contribution in [3.63, 3.8) is 0 Å². The van der Waals surface area contributed by atoms with E-state index in [2.05, 4.69) is 43.4 Å². The summed E-state index contributed by atoms with van der Waals surface area (Å²) >= 11 is 5.27. The van der Waals surface area contributed by atoms with Crippen LogP contribution in [0.1, 0.15) is 50.2 Å². The van der Waals surface area contributed by atoms with E-state index in [0.717, 1.165) is 24.5 Å². The molecule has 0 spiro atoms. The molecule has 24 heavy (non-hydrogen) atoms. The van der Waals surface area contributed by atoms with E-state index >= 15 is 0 Å². The maximum Gasteiger partial charge on any atom is 0.257 e. The molecule has 1 amide bonds. The third-order valence-electron chi connectivity index (χ3n) is 3.49. The average Bonchev–Trinajstić information content (AvgIpc) is 2.91. The van der Waals surface area contributed by atoms with E-state index in [4.69, 9.17) is 12.2 Å². The largest absolute Gasteiger partial charge is 0.317 e. The normalized spacial score (nSPS) is 11.2. The summed E-state index contributed by atoms with van der Waals surface area (Å²) in [6.45, 7) is 9.23. The minimum Gasteiger partial charge on any atom is -0.317 e. The highest BCUT2D eigenvalue weighted by molar-refractivity contribution is 7.80. The number of thiocarbonyl (C=S) groups is 1. The van der Waals surface area contributed by atoms with Crippen molar-refractivity contribution in [1.29, 1.82) is 0 Å². The van der Waals surface area contributed by atoms with Crippen molar-refractivity contribution >= 4 is 29.1 Å². The molecule has 1 aromatic heterocycles. The molecule has 5 nitrogen and oxygen atoms in total. The number of hydrogen-bond donors (Lipinski definition) is 2. The fourth-order valence-electron chi connectivity index (χ4n) is 2.18. The van der Waals surface area contributed by atoms with Gasteiger partial charge in [0, 0.05) is 23.6 Å². The lowest BCUT2D eigenvalue weighted by Crippen LogP contribution is -2.34. The van der Waals surface area contributed by atoms with Crippen molar-refractivity contribution in [3.05, 3.63) is 47.7 Å². The lowest BCUT2D eigenvalue weighted by molar-refractivity contribution is 0.0977. The Bertz CT molecular complexity index is 716. The molecule has 0 aliphatic heterocycles. The molecule has 6 heteroatoms. The minimum absolute atomic E-state index is 0.0513. The molecule has 2 aromatic rings. The molecule has 2 rings (SSSR count). The summed E-state index contributed by atoms with van der Waals surface area (Å²) in [5.74, 6) is 0.561. The molecule has 1 heterocycles. The number of amides is 1. The first kappa shape index (κ1) is 18.1. The van der Waals surface area contributed by atoms with Crippen LogP contribution in [0, 0.1) is 0 Å². The number of anilines is 1. The van der Waals surface area contributed by atoms with Gasteiger partial charge in [0.1, 0.15) is 5.82 Å². The Balaban J connectivity index is 2.10. The van der Waals surface area contributed by atoms with Gasteiger partial charge in [-0.1, -0.05) is 45.9 Å². The van der Waals surface area contributed by atoms with Crippen molar-refractivity contribution in [1.82, 2.24) is 15.1 Å². The number of aryl methyl sites for hydroxylation is 1. The molecule has 128 valence electrons. The van der Waals surface area contributed by atoms with Crippen LogP contribution in [0.15, 0.2) is 36.4 Å². The number of aromatic nitrogens is 2. The first-order valence-electron chi connectivity index (χ1n) is 8.07. The Kier molecular flexibility index (Phi) is 5.72. The molecule has 0 aliphatic rings. The van der Waals surface area contributed by atoms with Crippen LogP contribution >= 0.6 is 12.2 Å². The van der Waals surface area contributed by atoms with Crippen molar-refractivity contribution < 1.29 is 4.79 Å². The van der Waals surface area contributed by atoms with Crippen LogP contribution in [-0.4, -0.2) is 20.8 Å². The number of rotatable bonds is 4. The Hall–Kier alpha value is -2.21. The molecule has 0 radical (unpaired) electrons. The van der Waals surface area contributed by atoms with E-state index in [1.165, 1.54) is 0 Å². The van der Waals surface area contributed by atoms with Crippen molar-refractivity contribution in [2.45, 2.75) is 46.1 Å². The summed E-state index contributed by atoms with van der Waals surface area (Å²) in [6, 6.07) is 11.0. The minimum atomic E-state index is -0.231. The molecule has 0 saturated carbocycles. The lowest BCUT2D eigenvalue weighted by atomic mass is 9.92. The van der Waals surface area contributed by atoms with Gasteiger partial charge in [0.2, 0.25) is 0 Å². The second-order valence-corrected chi connectivity index (χ2v) is 7.07. The molecule has 2 N–H and O–H groups in total. The van der Waals surface area contributed by atoms with Gasteiger partial charge in [-0.15, -0.1) is 0 Å². The molecule has 1 aromatic carbocycles. The van der Waals surface area contributed by atoms with Gasteiger partial charge in [0.15, 0.2) is 5.11 Å². The SMILES string of the molecule is CCCn1nc(C(C)(C)C)cc1NC(=S)NC(=O)c1ccccc1. The zero-order valence-electron chi connectivity index (χ0n) is 14.6. The number of carbonyl (C=O) groups excluding carboxylic acids is 1.